The molecule has 27 heteroatoms. The molecule has 0 radical (unpaired) electrons. The highest BCUT2D eigenvalue weighted by molar-refractivity contribution is 4.57. The van der Waals surface area contributed by atoms with Gasteiger partial charge in [0.05, 0.1) is 315 Å². The SMILES string of the molecule is CCCOC(C)COC(C)COC(C)COC(C)COOCC(C)OCCOCCOCCOCCOCCOCCOCCOCCOCCOCCOCCOCCOCCOCCOCCOCCOCCOCCOCCOCCO. The quantitative estimate of drug-likeness (QED) is 0.0521. The van der Waals surface area contributed by atoms with Gasteiger partial charge in [0.1, 0.15) is 13.2 Å². The van der Waals surface area contributed by atoms with Crippen LogP contribution in [-0.4, -0.2) is 340 Å². The maximum absolute atomic E-state index is 8.62. The minimum Gasteiger partial charge on any atom is -0.394 e. The molecule has 0 aliphatic heterocycles. The zero-order valence-corrected chi connectivity index (χ0v) is 53.2. The lowest BCUT2D eigenvalue weighted by atomic mass is 10.3. The minimum atomic E-state index is -0.157. The molecule has 0 heterocycles. The Morgan fingerprint density at radius 3 is 0.541 bits per heavy atom. The van der Waals surface area contributed by atoms with Crippen molar-refractivity contribution in [1.29, 1.82) is 0 Å². The molecule has 5 unspecified atom stereocenters. The Labute approximate surface area is 509 Å². The molecule has 512 valence electrons. The Bertz CT molecular complexity index is 1210. The standard InChI is InChI=1S/C58H118O27/c1-7-9-79-54(2)49-81-55(3)50-82-56(4)51-83-58(6)53-85-84-52-57(5)80-48-47-78-46-45-77-44-43-76-42-41-75-40-39-74-38-37-73-36-35-72-34-33-71-32-31-70-30-29-69-28-27-68-26-25-67-24-23-66-22-21-65-20-19-64-18-17-63-16-15-62-14-13-61-12-11-60-10-8-59/h54-59H,7-53H2,1-6H3. The highest BCUT2D eigenvalue weighted by atomic mass is 17.2. The highest BCUT2D eigenvalue weighted by Crippen LogP contribution is 2.04. The molecule has 0 saturated heterocycles. The van der Waals surface area contributed by atoms with Crippen molar-refractivity contribution in [3.8, 4) is 0 Å². The van der Waals surface area contributed by atoms with Crippen LogP contribution in [0.2, 0.25) is 0 Å². The molecule has 27 nitrogen and oxygen atoms in total. The minimum absolute atomic E-state index is 0.0173. The van der Waals surface area contributed by atoms with E-state index in [4.69, 9.17) is 129 Å². The fraction of sp³-hybridized carbons (Fsp3) is 1.00. The topological polar surface area (TPSA) is 260 Å². The van der Waals surface area contributed by atoms with Crippen molar-refractivity contribution in [2.45, 2.75) is 78.5 Å². The van der Waals surface area contributed by atoms with E-state index in [2.05, 4.69) is 6.92 Å². The van der Waals surface area contributed by atoms with E-state index in [1.165, 1.54) is 0 Å². The zero-order chi connectivity index (χ0) is 61.5. The summed E-state index contributed by atoms with van der Waals surface area (Å²) in [6, 6.07) is 0. The summed E-state index contributed by atoms with van der Waals surface area (Å²) in [5.74, 6) is 0. The average molecular weight is 1250 g/mol. The Morgan fingerprint density at radius 1 is 0.188 bits per heavy atom. The summed E-state index contributed by atoms with van der Waals surface area (Å²) in [6.07, 6.45) is 0.643. The van der Waals surface area contributed by atoms with Crippen LogP contribution in [0.5, 0.6) is 0 Å². The van der Waals surface area contributed by atoms with Crippen LogP contribution in [-0.2, 0) is 123 Å². The lowest BCUT2D eigenvalue weighted by Gasteiger charge is -2.21. The van der Waals surface area contributed by atoms with Crippen molar-refractivity contribution >= 4 is 0 Å². The molecule has 5 atom stereocenters. The molecular weight excluding hydrogens is 1130 g/mol. The Hall–Kier alpha value is -1.08. The summed E-state index contributed by atoms with van der Waals surface area (Å²) < 4.78 is 133. The van der Waals surface area contributed by atoms with Gasteiger partial charge in [0.15, 0.2) is 0 Å². The van der Waals surface area contributed by atoms with Crippen LogP contribution in [0, 0.1) is 0 Å². The van der Waals surface area contributed by atoms with E-state index in [1.807, 2.05) is 34.6 Å². The molecular formula is C58H118O27. The van der Waals surface area contributed by atoms with Gasteiger partial charge in [-0.15, -0.1) is 0 Å². The molecule has 85 heavy (non-hydrogen) atoms. The number of aliphatic hydroxyl groups excluding tert-OH is 1. The summed E-state index contributed by atoms with van der Waals surface area (Å²) in [6.45, 7) is 33.3. The van der Waals surface area contributed by atoms with Crippen molar-refractivity contribution in [2.75, 3.05) is 304 Å². The first-order chi connectivity index (χ1) is 41.9. The summed E-state index contributed by atoms with van der Waals surface area (Å²) in [5, 5.41) is 8.62. The molecule has 0 rings (SSSR count). The van der Waals surface area contributed by atoms with Crippen LogP contribution in [0.3, 0.4) is 0 Å². The molecule has 0 aliphatic rings. The van der Waals surface area contributed by atoms with Gasteiger partial charge in [-0.1, -0.05) is 6.92 Å². The molecule has 0 aromatic rings. The monoisotopic (exact) mass is 1250 g/mol. The predicted molar refractivity (Wildman–Crippen MR) is 312 cm³/mol. The van der Waals surface area contributed by atoms with Crippen LogP contribution in [0.4, 0.5) is 0 Å². The van der Waals surface area contributed by atoms with Gasteiger partial charge in [-0.2, -0.15) is 0 Å². The summed E-state index contributed by atoms with van der Waals surface area (Å²) in [5.41, 5.74) is 0. The van der Waals surface area contributed by atoms with E-state index in [-0.39, 0.29) is 43.7 Å². The van der Waals surface area contributed by atoms with Crippen LogP contribution < -0.4 is 0 Å². The first-order valence-electron chi connectivity index (χ1n) is 30.8. The summed E-state index contributed by atoms with van der Waals surface area (Å²) >= 11 is 0. The van der Waals surface area contributed by atoms with Gasteiger partial charge in [0, 0.05) is 6.61 Å². The van der Waals surface area contributed by atoms with E-state index in [1.54, 1.807) is 0 Å². The fourth-order valence-electron chi connectivity index (χ4n) is 6.18. The van der Waals surface area contributed by atoms with Crippen molar-refractivity contribution in [1.82, 2.24) is 0 Å². The molecule has 1 N–H and O–H groups in total. The number of ether oxygens (including phenoxy) is 24. The van der Waals surface area contributed by atoms with Gasteiger partial charge in [0.25, 0.3) is 0 Å². The van der Waals surface area contributed by atoms with Crippen LogP contribution in [0.15, 0.2) is 0 Å². The summed E-state index contributed by atoms with van der Waals surface area (Å²) in [7, 11) is 0. The number of hydrogen-bond donors (Lipinski definition) is 1. The van der Waals surface area contributed by atoms with Crippen molar-refractivity contribution in [3.05, 3.63) is 0 Å². The normalized spacial score (nSPS) is 13.7. The number of hydrogen-bond acceptors (Lipinski definition) is 27. The van der Waals surface area contributed by atoms with E-state index in [9.17, 15) is 0 Å². The third-order valence-corrected chi connectivity index (χ3v) is 10.7. The fourth-order valence-corrected chi connectivity index (χ4v) is 6.18. The highest BCUT2D eigenvalue weighted by Gasteiger charge is 2.13. The Kier molecular flexibility index (Phi) is 72.7. The smallest absolute Gasteiger partial charge is 0.108 e. The van der Waals surface area contributed by atoms with Gasteiger partial charge in [0.2, 0.25) is 0 Å². The second-order valence-electron chi connectivity index (χ2n) is 18.7. The first-order valence-corrected chi connectivity index (χ1v) is 30.8. The maximum Gasteiger partial charge on any atom is 0.108 e. The molecule has 0 saturated carbocycles. The molecule has 0 aliphatic carbocycles. The summed E-state index contributed by atoms with van der Waals surface area (Å²) in [4.78, 5) is 10.6. The molecule has 0 aromatic heterocycles. The molecule has 0 aromatic carbocycles. The van der Waals surface area contributed by atoms with E-state index in [0.717, 1.165) is 13.0 Å². The number of aliphatic hydroxyl groups is 1. The lowest BCUT2D eigenvalue weighted by molar-refractivity contribution is -0.317. The third-order valence-electron chi connectivity index (χ3n) is 10.7. The second-order valence-corrected chi connectivity index (χ2v) is 18.7. The van der Waals surface area contributed by atoms with Crippen molar-refractivity contribution in [2.24, 2.45) is 0 Å². The van der Waals surface area contributed by atoms with Crippen molar-refractivity contribution < 1.29 is 129 Å². The number of rotatable bonds is 77. The average Bonchev–Trinajstić information content (AvgIpc) is 3.50. The second kappa shape index (κ2) is 73.7. The van der Waals surface area contributed by atoms with Gasteiger partial charge in [-0.05, 0) is 41.0 Å². The van der Waals surface area contributed by atoms with Crippen LogP contribution >= 0.6 is 0 Å². The maximum atomic E-state index is 8.62. The van der Waals surface area contributed by atoms with Crippen LogP contribution in [0.1, 0.15) is 48.0 Å². The van der Waals surface area contributed by atoms with E-state index < -0.39 is 0 Å². The van der Waals surface area contributed by atoms with Gasteiger partial charge >= 0.3 is 0 Å². The third kappa shape index (κ3) is 73.5. The van der Waals surface area contributed by atoms with E-state index in [0.29, 0.717) is 284 Å². The predicted octanol–water partition coefficient (Wildman–Crippen LogP) is 2.68. The lowest BCUT2D eigenvalue weighted by Crippen LogP contribution is -2.28. The molecule has 0 fully saturated rings. The van der Waals surface area contributed by atoms with Crippen molar-refractivity contribution in [3.63, 3.8) is 0 Å². The van der Waals surface area contributed by atoms with Crippen LogP contribution in [0.25, 0.3) is 0 Å². The zero-order valence-electron chi connectivity index (χ0n) is 53.2. The molecule has 0 bridgehead atoms. The Morgan fingerprint density at radius 2 is 0.341 bits per heavy atom. The van der Waals surface area contributed by atoms with Gasteiger partial charge in [-0.25, -0.2) is 9.78 Å². The first kappa shape index (κ1) is 83.9. The Balaban J connectivity index is 3.20. The van der Waals surface area contributed by atoms with E-state index >= 15 is 0 Å². The van der Waals surface area contributed by atoms with Gasteiger partial charge in [-0.3, -0.25) is 0 Å². The largest absolute Gasteiger partial charge is 0.394 e. The molecule has 0 spiro atoms. The molecule has 0 amide bonds. The van der Waals surface area contributed by atoms with Gasteiger partial charge < -0.3 is 119 Å².